The van der Waals surface area contributed by atoms with Gasteiger partial charge in [0.2, 0.25) is 0 Å². The number of hydrogen-bond acceptors (Lipinski definition) is 3. The summed E-state index contributed by atoms with van der Waals surface area (Å²) in [5.41, 5.74) is 0.897. The van der Waals surface area contributed by atoms with E-state index in [1.807, 2.05) is 56.3 Å². The van der Waals surface area contributed by atoms with Crippen LogP contribution in [0, 0.1) is 0 Å². The van der Waals surface area contributed by atoms with Crippen LogP contribution in [-0.2, 0) is 16.0 Å². The second-order valence-electron chi connectivity index (χ2n) is 5.31. The fraction of sp³-hybridized carbons (Fsp3) is 0.438. The first-order valence-corrected chi connectivity index (χ1v) is 6.95. The van der Waals surface area contributed by atoms with Crippen molar-refractivity contribution in [1.82, 2.24) is 5.06 Å². The third-order valence-electron chi connectivity index (χ3n) is 3.24. The number of hydroxylamine groups is 2. The Morgan fingerprint density at radius 1 is 1.35 bits per heavy atom. The molecular weight excluding hydrogens is 254 g/mol. The van der Waals surface area contributed by atoms with Crippen molar-refractivity contribution in [2.75, 3.05) is 0 Å². The van der Waals surface area contributed by atoms with E-state index in [9.17, 15) is 10.0 Å². The second kappa shape index (κ2) is 6.68. The maximum absolute atomic E-state index is 12.0. The molecule has 0 saturated carbocycles. The molecule has 0 radical (unpaired) electrons. The van der Waals surface area contributed by atoms with Gasteiger partial charge in [0.1, 0.15) is 0 Å². The molecule has 108 valence electrons. The number of hydrogen-bond donors (Lipinski definition) is 1. The van der Waals surface area contributed by atoms with Gasteiger partial charge in [-0.15, -0.1) is 0 Å². The molecule has 0 fully saturated rings. The summed E-state index contributed by atoms with van der Waals surface area (Å²) in [6, 6.07) is 9.12. The van der Waals surface area contributed by atoms with Gasteiger partial charge >= 0.3 is 0 Å². The minimum absolute atomic E-state index is 0.0285. The summed E-state index contributed by atoms with van der Waals surface area (Å²) < 4.78 is 5.65. The Balaban J connectivity index is 1.87. The average Bonchev–Trinajstić information content (AvgIpc) is 2.86. The summed E-state index contributed by atoms with van der Waals surface area (Å²) in [6.45, 7) is 3.94. The van der Waals surface area contributed by atoms with E-state index >= 15 is 0 Å². The molecule has 0 aromatic heterocycles. The molecule has 1 aliphatic rings. The summed E-state index contributed by atoms with van der Waals surface area (Å²) in [5, 5.41) is 10.8. The highest BCUT2D eigenvalue weighted by atomic mass is 16.5. The summed E-state index contributed by atoms with van der Waals surface area (Å²) >= 11 is 0. The third kappa shape index (κ3) is 3.92. The molecule has 1 aromatic rings. The van der Waals surface area contributed by atoms with Gasteiger partial charge in [-0.2, -0.15) is 0 Å². The molecule has 0 saturated heterocycles. The molecule has 2 rings (SSSR count). The largest absolute Gasteiger partial charge is 0.371 e. The number of carbonyl (C=O) groups is 1. The lowest BCUT2D eigenvalue weighted by molar-refractivity contribution is -0.172. The molecule has 1 amide bonds. The highest BCUT2D eigenvalue weighted by Crippen LogP contribution is 2.20. The summed E-state index contributed by atoms with van der Waals surface area (Å²) in [6.07, 6.45) is 4.65. The minimum atomic E-state index is -0.296. The SMILES string of the molecule is CC(C)O[C@H]1C=C[C@H](N(O)C(=O)Cc2ccccc2)C1. The van der Waals surface area contributed by atoms with Crippen molar-refractivity contribution in [3.05, 3.63) is 48.0 Å². The molecule has 0 unspecified atom stereocenters. The van der Waals surface area contributed by atoms with Crippen LogP contribution in [0.25, 0.3) is 0 Å². The van der Waals surface area contributed by atoms with Gasteiger partial charge < -0.3 is 4.74 Å². The lowest BCUT2D eigenvalue weighted by atomic mass is 10.1. The molecule has 0 bridgehead atoms. The quantitative estimate of drug-likeness (QED) is 0.510. The number of nitrogens with zero attached hydrogens (tertiary/aromatic N) is 1. The smallest absolute Gasteiger partial charge is 0.250 e. The fourth-order valence-electron chi connectivity index (χ4n) is 2.32. The van der Waals surface area contributed by atoms with Crippen molar-refractivity contribution < 1.29 is 14.7 Å². The Hall–Kier alpha value is -1.65. The Bertz CT molecular complexity index is 470. The lowest BCUT2D eigenvalue weighted by Crippen LogP contribution is -2.37. The maximum Gasteiger partial charge on any atom is 0.250 e. The number of amides is 1. The molecule has 4 heteroatoms. The van der Waals surface area contributed by atoms with Gasteiger partial charge in [-0.25, -0.2) is 5.06 Å². The highest BCUT2D eigenvalue weighted by Gasteiger charge is 2.27. The Labute approximate surface area is 119 Å². The average molecular weight is 275 g/mol. The normalized spacial score (nSPS) is 21.4. The van der Waals surface area contributed by atoms with E-state index in [1.54, 1.807) is 0 Å². The molecule has 0 heterocycles. The van der Waals surface area contributed by atoms with Gasteiger partial charge in [0, 0.05) is 6.42 Å². The molecule has 20 heavy (non-hydrogen) atoms. The number of benzene rings is 1. The van der Waals surface area contributed by atoms with Gasteiger partial charge in [-0.05, 0) is 19.4 Å². The first-order valence-electron chi connectivity index (χ1n) is 6.95. The zero-order chi connectivity index (χ0) is 14.5. The predicted molar refractivity (Wildman–Crippen MR) is 76.3 cm³/mol. The van der Waals surface area contributed by atoms with E-state index in [0.717, 1.165) is 10.6 Å². The predicted octanol–water partition coefficient (Wildman–Crippen LogP) is 2.57. The molecule has 0 aliphatic heterocycles. The standard InChI is InChI=1S/C16H21NO3/c1-12(2)20-15-9-8-14(11-15)17(19)16(18)10-13-6-4-3-5-7-13/h3-9,12,14-15,19H,10-11H2,1-2H3/t14-,15-/m0/s1. The van der Waals surface area contributed by atoms with E-state index in [2.05, 4.69) is 0 Å². The lowest BCUT2D eigenvalue weighted by Gasteiger charge is -2.22. The van der Waals surface area contributed by atoms with Crippen molar-refractivity contribution in [3.63, 3.8) is 0 Å². The van der Waals surface area contributed by atoms with Gasteiger partial charge in [-0.3, -0.25) is 10.0 Å². The van der Waals surface area contributed by atoms with E-state index in [4.69, 9.17) is 4.74 Å². The van der Waals surface area contributed by atoms with Crippen LogP contribution in [0.5, 0.6) is 0 Å². The van der Waals surface area contributed by atoms with Crippen LogP contribution >= 0.6 is 0 Å². The first-order chi connectivity index (χ1) is 9.56. The summed E-state index contributed by atoms with van der Waals surface area (Å²) in [4.78, 5) is 12.0. The van der Waals surface area contributed by atoms with Crippen molar-refractivity contribution >= 4 is 5.91 Å². The van der Waals surface area contributed by atoms with E-state index in [0.29, 0.717) is 6.42 Å². The van der Waals surface area contributed by atoms with E-state index in [-0.39, 0.29) is 30.6 Å². The zero-order valence-electron chi connectivity index (χ0n) is 11.9. The Morgan fingerprint density at radius 3 is 2.70 bits per heavy atom. The van der Waals surface area contributed by atoms with Gasteiger partial charge in [-0.1, -0.05) is 42.5 Å². The van der Waals surface area contributed by atoms with Crippen molar-refractivity contribution in [2.45, 2.75) is 44.9 Å². The number of rotatable bonds is 5. The topological polar surface area (TPSA) is 49.8 Å². The molecule has 4 nitrogen and oxygen atoms in total. The number of carbonyl (C=O) groups excluding carboxylic acids is 1. The van der Waals surface area contributed by atoms with E-state index < -0.39 is 0 Å². The van der Waals surface area contributed by atoms with Crippen LogP contribution in [-0.4, -0.2) is 34.4 Å². The molecule has 0 spiro atoms. The van der Waals surface area contributed by atoms with Crippen LogP contribution in [0.15, 0.2) is 42.5 Å². The first kappa shape index (κ1) is 14.8. The van der Waals surface area contributed by atoms with Gasteiger partial charge in [0.15, 0.2) is 0 Å². The highest BCUT2D eigenvalue weighted by molar-refractivity contribution is 5.78. The van der Waals surface area contributed by atoms with Crippen LogP contribution in [0.2, 0.25) is 0 Å². The Kier molecular flexibility index (Phi) is 4.93. The fourth-order valence-corrected chi connectivity index (χ4v) is 2.32. The van der Waals surface area contributed by atoms with Gasteiger partial charge in [0.05, 0.1) is 24.7 Å². The summed E-state index contributed by atoms with van der Waals surface area (Å²) in [7, 11) is 0. The molecule has 2 atom stereocenters. The van der Waals surface area contributed by atoms with Crippen molar-refractivity contribution in [2.24, 2.45) is 0 Å². The van der Waals surface area contributed by atoms with Crippen LogP contribution in [0.3, 0.4) is 0 Å². The molecule has 1 N–H and O–H groups in total. The number of ether oxygens (including phenoxy) is 1. The van der Waals surface area contributed by atoms with Crippen molar-refractivity contribution in [3.8, 4) is 0 Å². The minimum Gasteiger partial charge on any atom is -0.371 e. The zero-order valence-corrected chi connectivity index (χ0v) is 11.9. The van der Waals surface area contributed by atoms with Crippen LogP contribution in [0.1, 0.15) is 25.8 Å². The maximum atomic E-state index is 12.0. The molecular formula is C16H21NO3. The second-order valence-corrected chi connectivity index (χ2v) is 5.31. The van der Waals surface area contributed by atoms with Crippen molar-refractivity contribution in [1.29, 1.82) is 0 Å². The van der Waals surface area contributed by atoms with E-state index in [1.165, 1.54) is 0 Å². The third-order valence-corrected chi connectivity index (χ3v) is 3.24. The van der Waals surface area contributed by atoms with Crippen LogP contribution in [0.4, 0.5) is 0 Å². The molecule has 1 aromatic carbocycles. The summed E-state index contributed by atoms with van der Waals surface area (Å²) in [5.74, 6) is -0.295. The Morgan fingerprint density at radius 2 is 2.05 bits per heavy atom. The van der Waals surface area contributed by atoms with Gasteiger partial charge in [0.25, 0.3) is 5.91 Å². The molecule has 1 aliphatic carbocycles. The monoisotopic (exact) mass is 275 g/mol. The van der Waals surface area contributed by atoms with Crippen LogP contribution < -0.4 is 0 Å².